The Morgan fingerprint density at radius 3 is 2.67 bits per heavy atom. The summed E-state index contributed by atoms with van der Waals surface area (Å²) < 4.78 is 5.51. The van der Waals surface area contributed by atoms with E-state index in [9.17, 15) is 29.9 Å². The Morgan fingerprint density at radius 1 is 1.39 bits per heavy atom. The molecule has 1 amide bonds. The third-order valence-corrected chi connectivity index (χ3v) is 9.49. The third kappa shape index (κ3) is 4.51. The van der Waals surface area contributed by atoms with Gasteiger partial charge in [0.15, 0.2) is 0 Å². The standard InChI is InChI=1S/C22H26N2O7S2/c1-11-18-17(12(2)26)21(27)23(18)19(20(11)33-16-7-15(8-25)32-10-16)22(28)31-9-13-3-5-14(6-4-13)24(29)30/h3-6,11-12,15-18,25-26H,7-10H2,1-2H3/t11-,12?,15?,16-,17+,18-/m1/s1. The largest absolute Gasteiger partial charge is 0.456 e. The molecule has 9 nitrogen and oxygen atoms in total. The number of fused-ring (bicyclic) bond motifs is 1. The van der Waals surface area contributed by atoms with Crippen LogP contribution < -0.4 is 0 Å². The summed E-state index contributed by atoms with van der Waals surface area (Å²) in [6, 6.07) is 5.46. The number of carbonyl (C=O) groups is 2. The van der Waals surface area contributed by atoms with Crippen molar-refractivity contribution in [2.75, 3.05) is 12.4 Å². The van der Waals surface area contributed by atoms with Gasteiger partial charge in [-0.1, -0.05) is 6.92 Å². The van der Waals surface area contributed by atoms with Gasteiger partial charge in [-0.25, -0.2) is 4.79 Å². The Morgan fingerprint density at radius 2 is 2.09 bits per heavy atom. The fraction of sp³-hybridized carbons (Fsp3) is 0.545. The lowest BCUT2D eigenvalue weighted by molar-refractivity contribution is -0.384. The van der Waals surface area contributed by atoms with Crippen molar-refractivity contribution in [3.8, 4) is 0 Å². The summed E-state index contributed by atoms with van der Waals surface area (Å²) in [4.78, 5) is 38.5. The van der Waals surface area contributed by atoms with Crippen LogP contribution in [0.1, 0.15) is 25.8 Å². The Hall–Kier alpha value is -2.08. The summed E-state index contributed by atoms with van der Waals surface area (Å²) in [6.45, 7) is 3.58. The van der Waals surface area contributed by atoms with Gasteiger partial charge in [-0.15, -0.1) is 11.8 Å². The highest BCUT2D eigenvalue weighted by atomic mass is 32.2. The zero-order valence-corrected chi connectivity index (χ0v) is 19.9. The van der Waals surface area contributed by atoms with Crippen molar-refractivity contribution in [2.24, 2.45) is 11.8 Å². The number of thioether (sulfide) groups is 2. The van der Waals surface area contributed by atoms with Crippen LogP contribution in [-0.4, -0.2) is 66.9 Å². The fourth-order valence-electron chi connectivity index (χ4n) is 4.66. The Kier molecular flexibility index (Phi) is 7.04. The summed E-state index contributed by atoms with van der Waals surface area (Å²) in [5.41, 5.74) is 0.782. The molecule has 2 N–H and O–H groups in total. The zero-order valence-electron chi connectivity index (χ0n) is 18.2. The van der Waals surface area contributed by atoms with Gasteiger partial charge < -0.3 is 19.8 Å². The third-order valence-electron chi connectivity index (χ3n) is 6.36. The number of amides is 1. The second kappa shape index (κ2) is 9.65. The number of aliphatic hydroxyl groups excluding tert-OH is 2. The first-order chi connectivity index (χ1) is 15.7. The van der Waals surface area contributed by atoms with Crippen LogP contribution in [0.25, 0.3) is 0 Å². The summed E-state index contributed by atoms with van der Waals surface area (Å²) in [7, 11) is 0. The molecule has 0 aromatic heterocycles. The fourth-order valence-corrected chi connectivity index (χ4v) is 7.72. The zero-order chi connectivity index (χ0) is 23.9. The molecule has 178 valence electrons. The lowest BCUT2D eigenvalue weighted by Gasteiger charge is -2.46. The van der Waals surface area contributed by atoms with E-state index >= 15 is 0 Å². The maximum Gasteiger partial charge on any atom is 0.356 e. The number of rotatable bonds is 8. The molecule has 0 aliphatic carbocycles. The molecule has 0 saturated carbocycles. The smallest absolute Gasteiger partial charge is 0.356 e. The van der Waals surface area contributed by atoms with Gasteiger partial charge in [-0.05, 0) is 31.0 Å². The minimum atomic E-state index is -0.816. The molecule has 0 bridgehead atoms. The van der Waals surface area contributed by atoms with Gasteiger partial charge in [0.25, 0.3) is 5.69 Å². The average Bonchev–Trinajstić information content (AvgIpc) is 3.33. The molecule has 4 rings (SSSR count). The van der Waals surface area contributed by atoms with Crippen molar-refractivity contribution in [1.82, 2.24) is 4.90 Å². The van der Waals surface area contributed by atoms with Crippen molar-refractivity contribution < 1.29 is 29.5 Å². The molecule has 2 unspecified atom stereocenters. The number of hydrogen-bond acceptors (Lipinski definition) is 9. The normalized spacial score (nSPS) is 29.6. The van der Waals surface area contributed by atoms with Crippen molar-refractivity contribution in [3.05, 3.63) is 50.5 Å². The highest BCUT2D eigenvalue weighted by Crippen LogP contribution is 2.53. The molecular formula is C22H26N2O7S2. The van der Waals surface area contributed by atoms with Crippen molar-refractivity contribution >= 4 is 41.1 Å². The van der Waals surface area contributed by atoms with Crippen LogP contribution in [0.5, 0.6) is 0 Å². The highest BCUT2D eigenvalue weighted by molar-refractivity contribution is 8.06. The van der Waals surface area contributed by atoms with Crippen LogP contribution >= 0.6 is 23.5 Å². The predicted octanol–water partition coefficient (Wildman–Crippen LogP) is 2.31. The minimum absolute atomic E-state index is 0.0510. The maximum absolute atomic E-state index is 13.2. The number of ether oxygens (including phenoxy) is 1. The highest BCUT2D eigenvalue weighted by Gasteiger charge is 2.60. The van der Waals surface area contributed by atoms with Gasteiger partial charge in [0.2, 0.25) is 5.91 Å². The number of nitrogens with zero attached hydrogens (tertiary/aromatic N) is 2. The van der Waals surface area contributed by atoms with E-state index in [1.54, 1.807) is 30.4 Å². The van der Waals surface area contributed by atoms with E-state index in [4.69, 9.17) is 4.74 Å². The van der Waals surface area contributed by atoms with Crippen molar-refractivity contribution in [3.63, 3.8) is 0 Å². The molecule has 3 heterocycles. The Balaban J connectivity index is 1.54. The van der Waals surface area contributed by atoms with E-state index in [-0.39, 0.29) is 53.0 Å². The Bertz CT molecular complexity index is 981. The first-order valence-electron chi connectivity index (χ1n) is 10.8. The van der Waals surface area contributed by atoms with Gasteiger partial charge in [0, 0.05) is 39.2 Å². The number of nitro benzene ring substituents is 1. The molecule has 1 aromatic carbocycles. The van der Waals surface area contributed by atoms with Crippen LogP contribution in [0.3, 0.4) is 0 Å². The summed E-state index contributed by atoms with van der Waals surface area (Å²) in [6.07, 6.45) is -0.00485. The SMILES string of the molecule is CC(O)[C@@H]1C(=O)N2C(C(=O)OCc3ccc([N+](=O)[O-])cc3)=C(S[C@H]3CSC(CO)C3)[C@H](C)[C@H]12. The van der Waals surface area contributed by atoms with Crippen LogP contribution in [0.4, 0.5) is 5.69 Å². The van der Waals surface area contributed by atoms with E-state index in [1.165, 1.54) is 29.2 Å². The number of β-lactam (4-membered cyclic amide) rings is 1. The first kappa shape index (κ1) is 24.1. The molecule has 33 heavy (non-hydrogen) atoms. The van der Waals surface area contributed by atoms with Gasteiger partial charge in [0.1, 0.15) is 12.3 Å². The number of non-ortho nitro benzene ring substituents is 1. The van der Waals surface area contributed by atoms with Gasteiger partial charge in [-0.2, -0.15) is 11.8 Å². The molecule has 3 aliphatic heterocycles. The van der Waals surface area contributed by atoms with E-state index in [0.717, 1.165) is 17.1 Å². The summed E-state index contributed by atoms with van der Waals surface area (Å²) >= 11 is 3.27. The number of carbonyl (C=O) groups excluding carboxylic acids is 2. The van der Waals surface area contributed by atoms with E-state index < -0.39 is 22.9 Å². The van der Waals surface area contributed by atoms with Crippen LogP contribution in [0.2, 0.25) is 0 Å². The van der Waals surface area contributed by atoms with Crippen LogP contribution in [0, 0.1) is 22.0 Å². The molecule has 3 aliphatic rings. The Labute approximate surface area is 199 Å². The van der Waals surface area contributed by atoms with Crippen molar-refractivity contribution in [2.45, 2.75) is 49.5 Å². The number of esters is 1. The second-order valence-corrected chi connectivity index (χ2v) is 11.3. The first-order valence-corrected chi connectivity index (χ1v) is 12.7. The van der Waals surface area contributed by atoms with E-state index in [2.05, 4.69) is 0 Å². The number of hydrogen-bond donors (Lipinski definition) is 2. The molecule has 1 aromatic rings. The molecule has 0 spiro atoms. The van der Waals surface area contributed by atoms with Crippen LogP contribution in [0.15, 0.2) is 34.9 Å². The molecule has 2 saturated heterocycles. The van der Waals surface area contributed by atoms with Crippen molar-refractivity contribution in [1.29, 1.82) is 0 Å². The lowest BCUT2D eigenvalue weighted by Crippen LogP contribution is -2.63. The number of benzene rings is 1. The summed E-state index contributed by atoms with van der Waals surface area (Å²) in [5, 5.41) is 30.8. The molecule has 11 heteroatoms. The topological polar surface area (TPSA) is 130 Å². The van der Waals surface area contributed by atoms with E-state index in [0.29, 0.717) is 5.56 Å². The summed E-state index contributed by atoms with van der Waals surface area (Å²) in [5.74, 6) is -0.734. The minimum Gasteiger partial charge on any atom is -0.456 e. The number of nitro groups is 1. The molecule has 2 fully saturated rings. The monoisotopic (exact) mass is 494 g/mol. The molecule has 6 atom stereocenters. The van der Waals surface area contributed by atoms with Gasteiger partial charge in [-0.3, -0.25) is 14.9 Å². The maximum atomic E-state index is 13.2. The second-order valence-electron chi connectivity index (χ2n) is 8.58. The van der Waals surface area contributed by atoms with Gasteiger partial charge >= 0.3 is 5.97 Å². The van der Waals surface area contributed by atoms with Crippen LogP contribution in [-0.2, 0) is 20.9 Å². The predicted molar refractivity (Wildman–Crippen MR) is 124 cm³/mol. The molecule has 0 radical (unpaired) electrons. The lowest BCUT2D eigenvalue weighted by atomic mass is 9.79. The van der Waals surface area contributed by atoms with E-state index in [1.807, 2.05) is 6.92 Å². The molecular weight excluding hydrogens is 468 g/mol. The van der Waals surface area contributed by atoms with Gasteiger partial charge in [0.05, 0.1) is 29.6 Å². The average molecular weight is 495 g/mol. The quantitative estimate of drug-likeness (QED) is 0.242. The number of aliphatic hydroxyl groups is 2.